The summed E-state index contributed by atoms with van der Waals surface area (Å²) in [6.07, 6.45) is 1.53. The Balaban J connectivity index is 1.58. The molecule has 0 aliphatic carbocycles. The number of rotatable bonds is 7. The van der Waals surface area contributed by atoms with E-state index in [1.165, 1.54) is 11.1 Å². The molecule has 2 aliphatic rings. The van der Waals surface area contributed by atoms with Crippen LogP contribution >= 0.6 is 0 Å². The molecule has 2 fully saturated rings. The number of likely N-dealkylation sites (tertiary alicyclic amines) is 1. The highest BCUT2D eigenvalue weighted by molar-refractivity contribution is 6.46. The Morgan fingerprint density at radius 3 is 2.49 bits per heavy atom. The number of hydrogen-bond donors (Lipinski definition) is 1. The number of ether oxygens (including phenoxy) is 2. The standard InChI is InChI=1S/C28H30N4O5/c1-19-22(18-29-32(19)20-8-4-3-5-9-20)26(33)24-25(21-10-6-7-11-23(21)36-2)31(28(35)27(24)34)13-12-30-14-16-37-17-15-30/h3-11,18,25,33H,12-17H2,1-2H3/t25-/m0/s1. The maximum atomic E-state index is 13.4. The summed E-state index contributed by atoms with van der Waals surface area (Å²) in [5.74, 6) is -1.07. The summed E-state index contributed by atoms with van der Waals surface area (Å²) in [7, 11) is 1.55. The summed E-state index contributed by atoms with van der Waals surface area (Å²) in [5.41, 5.74) is 2.55. The van der Waals surface area contributed by atoms with Crippen LogP contribution in [0.3, 0.4) is 0 Å². The number of morpholine rings is 1. The quantitative estimate of drug-likeness (QED) is 0.301. The first-order chi connectivity index (χ1) is 18.0. The van der Waals surface area contributed by atoms with E-state index in [1.54, 1.807) is 17.9 Å². The van der Waals surface area contributed by atoms with Gasteiger partial charge >= 0.3 is 0 Å². The third-order valence-electron chi connectivity index (χ3n) is 7.00. The van der Waals surface area contributed by atoms with E-state index in [9.17, 15) is 14.7 Å². The maximum absolute atomic E-state index is 13.4. The van der Waals surface area contributed by atoms with Gasteiger partial charge < -0.3 is 19.5 Å². The van der Waals surface area contributed by atoms with Crippen molar-refractivity contribution in [1.29, 1.82) is 0 Å². The maximum Gasteiger partial charge on any atom is 0.295 e. The number of methoxy groups -OCH3 is 1. The molecule has 0 bridgehead atoms. The molecule has 2 aromatic carbocycles. The molecule has 1 N–H and O–H groups in total. The normalized spacial score (nSPS) is 19.9. The first-order valence-corrected chi connectivity index (χ1v) is 12.3. The molecule has 1 atom stereocenters. The van der Waals surface area contributed by atoms with Crippen LogP contribution in [0.5, 0.6) is 5.75 Å². The van der Waals surface area contributed by atoms with Crippen LogP contribution in [-0.4, -0.2) is 82.9 Å². The zero-order chi connectivity index (χ0) is 25.9. The van der Waals surface area contributed by atoms with Crippen molar-refractivity contribution in [2.45, 2.75) is 13.0 Å². The molecule has 2 aliphatic heterocycles. The lowest BCUT2D eigenvalue weighted by molar-refractivity contribution is -0.140. The second-order valence-corrected chi connectivity index (χ2v) is 9.08. The van der Waals surface area contributed by atoms with E-state index in [0.29, 0.717) is 48.9 Å². The van der Waals surface area contributed by atoms with Crippen LogP contribution in [0.15, 0.2) is 66.4 Å². The van der Waals surface area contributed by atoms with Crippen LogP contribution < -0.4 is 4.74 Å². The molecule has 1 aromatic heterocycles. The number of amides is 1. The number of aromatic nitrogens is 2. The van der Waals surface area contributed by atoms with Gasteiger partial charge in [0.2, 0.25) is 0 Å². The molecule has 9 heteroatoms. The van der Waals surface area contributed by atoms with Crippen LogP contribution in [0.25, 0.3) is 11.4 Å². The van der Waals surface area contributed by atoms with Gasteiger partial charge in [-0.1, -0.05) is 36.4 Å². The third kappa shape index (κ3) is 4.63. The fraction of sp³-hybridized carbons (Fsp3) is 0.321. The number of benzene rings is 2. The molecule has 0 saturated carbocycles. The van der Waals surface area contributed by atoms with E-state index in [4.69, 9.17) is 9.47 Å². The van der Waals surface area contributed by atoms with Gasteiger partial charge in [0.15, 0.2) is 0 Å². The summed E-state index contributed by atoms with van der Waals surface area (Å²) in [4.78, 5) is 30.5. The van der Waals surface area contributed by atoms with Crippen LogP contribution in [-0.2, 0) is 14.3 Å². The Morgan fingerprint density at radius 1 is 1.05 bits per heavy atom. The number of hydrogen-bond acceptors (Lipinski definition) is 7. The van der Waals surface area contributed by atoms with Crippen molar-refractivity contribution >= 4 is 17.4 Å². The van der Waals surface area contributed by atoms with Gasteiger partial charge in [0.25, 0.3) is 11.7 Å². The molecule has 192 valence electrons. The van der Waals surface area contributed by atoms with Crippen molar-refractivity contribution in [1.82, 2.24) is 19.6 Å². The van der Waals surface area contributed by atoms with Crippen LogP contribution in [0.2, 0.25) is 0 Å². The summed E-state index contributed by atoms with van der Waals surface area (Å²) in [5, 5.41) is 16.0. The Kier molecular flexibility index (Phi) is 7.07. The Labute approximate surface area is 215 Å². The molecule has 0 spiro atoms. The van der Waals surface area contributed by atoms with Crippen molar-refractivity contribution < 1.29 is 24.2 Å². The van der Waals surface area contributed by atoms with E-state index >= 15 is 0 Å². The number of nitrogens with zero attached hydrogens (tertiary/aromatic N) is 4. The third-order valence-corrected chi connectivity index (χ3v) is 7.00. The minimum atomic E-state index is -0.795. The molecule has 9 nitrogen and oxygen atoms in total. The zero-order valence-corrected chi connectivity index (χ0v) is 21.0. The van der Waals surface area contributed by atoms with Crippen molar-refractivity contribution in [2.75, 3.05) is 46.5 Å². The number of carbonyl (C=O) groups excluding carboxylic acids is 2. The molecule has 37 heavy (non-hydrogen) atoms. The molecular formula is C28H30N4O5. The van der Waals surface area contributed by atoms with E-state index in [2.05, 4.69) is 10.00 Å². The topological polar surface area (TPSA) is 97.1 Å². The number of aliphatic hydroxyl groups is 1. The van der Waals surface area contributed by atoms with Gasteiger partial charge in [-0.3, -0.25) is 14.5 Å². The van der Waals surface area contributed by atoms with Crippen LogP contribution in [0.1, 0.15) is 22.9 Å². The molecule has 3 aromatic rings. The lowest BCUT2D eigenvalue weighted by Crippen LogP contribution is -2.42. The minimum absolute atomic E-state index is 0.0344. The summed E-state index contributed by atoms with van der Waals surface area (Å²) >= 11 is 0. The molecule has 1 amide bonds. The molecule has 0 radical (unpaired) electrons. The van der Waals surface area contributed by atoms with Crippen molar-refractivity contribution in [2.24, 2.45) is 0 Å². The highest BCUT2D eigenvalue weighted by atomic mass is 16.5. The Bertz CT molecular complexity index is 1330. The first kappa shape index (κ1) is 24.7. The van der Waals surface area contributed by atoms with Gasteiger partial charge in [-0.2, -0.15) is 5.10 Å². The number of Topliss-reactive ketones (excluding diaryl/α,β-unsaturated/α-hetero) is 1. The molecule has 2 saturated heterocycles. The lowest BCUT2D eigenvalue weighted by Gasteiger charge is -2.31. The second kappa shape index (κ2) is 10.6. The number of carbonyl (C=O) groups is 2. The SMILES string of the molecule is COc1ccccc1[C@H]1C(=C(O)c2cnn(-c3ccccc3)c2C)C(=O)C(=O)N1CCN1CCOCC1. The van der Waals surface area contributed by atoms with Crippen LogP contribution in [0, 0.1) is 6.92 Å². The molecule has 5 rings (SSSR count). The molecular weight excluding hydrogens is 472 g/mol. The largest absolute Gasteiger partial charge is 0.507 e. The average Bonchev–Trinajstić information content (AvgIpc) is 3.44. The van der Waals surface area contributed by atoms with Crippen molar-refractivity contribution in [3.63, 3.8) is 0 Å². The van der Waals surface area contributed by atoms with Gasteiger partial charge in [-0.25, -0.2) is 4.68 Å². The summed E-state index contributed by atoms with van der Waals surface area (Å²) < 4.78 is 12.7. The minimum Gasteiger partial charge on any atom is -0.507 e. The predicted octanol–water partition coefficient (Wildman–Crippen LogP) is 2.94. The fourth-order valence-corrected chi connectivity index (χ4v) is 5.02. The number of aliphatic hydroxyl groups excluding tert-OH is 1. The van der Waals surface area contributed by atoms with Crippen LogP contribution in [0.4, 0.5) is 0 Å². The smallest absolute Gasteiger partial charge is 0.295 e. The molecule has 0 unspecified atom stereocenters. The number of para-hydroxylation sites is 2. The highest BCUT2D eigenvalue weighted by Gasteiger charge is 2.47. The van der Waals surface area contributed by atoms with Gasteiger partial charge in [0, 0.05) is 31.7 Å². The Morgan fingerprint density at radius 2 is 1.76 bits per heavy atom. The number of ketones is 1. The van der Waals surface area contributed by atoms with E-state index in [0.717, 1.165) is 18.8 Å². The van der Waals surface area contributed by atoms with Gasteiger partial charge in [-0.05, 0) is 25.1 Å². The summed E-state index contributed by atoms with van der Waals surface area (Å²) in [6.45, 7) is 5.54. The highest BCUT2D eigenvalue weighted by Crippen LogP contribution is 2.42. The van der Waals surface area contributed by atoms with E-state index < -0.39 is 17.7 Å². The predicted molar refractivity (Wildman–Crippen MR) is 138 cm³/mol. The van der Waals surface area contributed by atoms with E-state index in [-0.39, 0.29) is 11.3 Å². The lowest BCUT2D eigenvalue weighted by atomic mass is 9.94. The summed E-state index contributed by atoms with van der Waals surface area (Å²) in [6, 6.07) is 16.0. The van der Waals surface area contributed by atoms with E-state index in [1.807, 2.05) is 55.5 Å². The fourth-order valence-electron chi connectivity index (χ4n) is 5.02. The Hall–Kier alpha value is -3.95. The van der Waals surface area contributed by atoms with Crippen molar-refractivity contribution in [3.05, 3.63) is 83.2 Å². The second-order valence-electron chi connectivity index (χ2n) is 9.08. The zero-order valence-electron chi connectivity index (χ0n) is 21.0. The van der Waals surface area contributed by atoms with Gasteiger partial charge in [0.1, 0.15) is 11.5 Å². The van der Waals surface area contributed by atoms with Gasteiger partial charge in [-0.15, -0.1) is 0 Å². The van der Waals surface area contributed by atoms with Crippen molar-refractivity contribution in [3.8, 4) is 11.4 Å². The monoisotopic (exact) mass is 502 g/mol. The molecule has 3 heterocycles. The first-order valence-electron chi connectivity index (χ1n) is 12.3. The average molecular weight is 503 g/mol. The van der Waals surface area contributed by atoms with Gasteiger partial charge in [0.05, 0.1) is 55.1 Å².